The van der Waals surface area contributed by atoms with E-state index in [0.717, 1.165) is 23.2 Å². The molecule has 2 aromatic carbocycles. The molecule has 1 aromatic heterocycles. The molecule has 0 amide bonds. The summed E-state index contributed by atoms with van der Waals surface area (Å²) in [4.78, 5) is 14.3. The van der Waals surface area contributed by atoms with Crippen LogP contribution in [0.1, 0.15) is 17.7 Å². The van der Waals surface area contributed by atoms with Crippen LogP contribution in [-0.4, -0.2) is 35.3 Å². The first kappa shape index (κ1) is 23.3. The van der Waals surface area contributed by atoms with Gasteiger partial charge in [0.05, 0.1) is 17.3 Å². The fourth-order valence-electron chi connectivity index (χ4n) is 4.02. The van der Waals surface area contributed by atoms with Gasteiger partial charge < -0.3 is 15.6 Å². The molecule has 0 aliphatic carbocycles. The van der Waals surface area contributed by atoms with E-state index in [1.54, 1.807) is 27.9 Å². The summed E-state index contributed by atoms with van der Waals surface area (Å²) in [5.41, 5.74) is 3.20. The van der Waals surface area contributed by atoms with Gasteiger partial charge in [0.25, 0.3) is 0 Å². The maximum atomic E-state index is 13.1. The fourth-order valence-corrected chi connectivity index (χ4v) is 4.02. The third-order valence-corrected chi connectivity index (χ3v) is 5.81. The van der Waals surface area contributed by atoms with Gasteiger partial charge in [0.15, 0.2) is 5.69 Å². The molecule has 0 spiro atoms. The van der Waals surface area contributed by atoms with E-state index < -0.39 is 12.1 Å². The van der Waals surface area contributed by atoms with Crippen molar-refractivity contribution in [1.82, 2.24) is 9.78 Å². The van der Waals surface area contributed by atoms with Crippen molar-refractivity contribution in [2.24, 2.45) is 5.92 Å². The number of alkyl halides is 3. The van der Waals surface area contributed by atoms with E-state index in [1.165, 1.54) is 12.1 Å². The molecule has 1 atom stereocenters. The van der Waals surface area contributed by atoms with Gasteiger partial charge >= 0.3 is 6.18 Å². The monoisotopic (exact) mass is 467 g/mol. The highest BCUT2D eigenvalue weighted by atomic mass is 19.4. The van der Waals surface area contributed by atoms with Gasteiger partial charge in [-0.2, -0.15) is 18.3 Å². The molecule has 1 aliphatic heterocycles. The summed E-state index contributed by atoms with van der Waals surface area (Å²) >= 11 is 0. The lowest BCUT2D eigenvalue weighted by Crippen LogP contribution is -2.27. The highest BCUT2D eigenvalue weighted by molar-refractivity contribution is 5.86. The van der Waals surface area contributed by atoms with E-state index >= 15 is 0 Å². The summed E-state index contributed by atoms with van der Waals surface area (Å²) in [6.07, 6.45) is -0.00955. The largest absolute Gasteiger partial charge is 0.393 e. The lowest BCUT2D eigenvalue weighted by Gasteiger charge is -2.21. The van der Waals surface area contributed by atoms with E-state index in [-0.39, 0.29) is 24.1 Å². The standard InChI is InChI=1S/C25H24F3N5O/c1-17-15-20(32-13-10-18(16-32)25(26,27)28)7-8-22(17)33-14-11-23(34)24(31-33)21(9-12-29)30-19-5-3-2-4-6-19/h2-9,11-12,14-15,18,29-30H,10,13,16H2,1H3/b21-9-,29-12?. The Bertz CT molecular complexity index is 1270. The first-order chi connectivity index (χ1) is 16.3. The zero-order valence-corrected chi connectivity index (χ0v) is 18.5. The van der Waals surface area contributed by atoms with Gasteiger partial charge in [-0.25, -0.2) is 4.68 Å². The number of para-hydroxylation sites is 1. The van der Waals surface area contributed by atoms with Crippen LogP contribution in [0.3, 0.4) is 0 Å². The highest BCUT2D eigenvalue weighted by Crippen LogP contribution is 2.36. The van der Waals surface area contributed by atoms with Crippen LogP contribution in [0.25, 0.3) is 11.4 Å². The number of rotatable bonds is 6. The number of aromatic nitrogens is 2. The van der Waals surface area contributed by atoms with Crippen molar-refractivity contribution in [3.05, 3.63) is 88.4 Å². The maximum Gasteiger partial charge on any atom is 0.393 e. The second-order valence-corrected chi connectivity index (χ2v) is 8.16. The number of nitrogens with one attached hydrogen (secondary N) is 2. The van der Waals surface area contributed by atoms with Crippen molar-refractivity contribution in [2.75, 3.05) is 23.3 Å². The number of anilines is 2. The second kappa shape index (κ2) is 9.54. The molecular weight excluding hydrogens is 443 g/mol. The van der Waals surface area contributed by atoms with Crippen molar-refractivity contribution in [2.45, 2.75) is 19.5 Å². The zero-order valence-electron chi connectivity index (χ0n) is 18.5. The molecule has 1 fully saturated rings. The van der Waals surface area contributed by atoms with Gasteiger partial charge in [0, 0.05) is 42.9 Å². The van der Waals surface area contributed by atoms with Gasteiger partial charge in [-0.05, 0) is 55.3 Å². The van der Waals surface area contributed by atoms with Crippen LogP contribution in [-0.2, 0) is 0 Å². The molecule has 6 nitrogen and oxygen atoms in total. The number of hydrogen-bond donors (Lipinski definition) is 2. The second-order valence-electron chi connectivity index (χ2n) is 8.16. The Balaban J connectivity index is 1.63. The SMILES string of the molecule is Cc1cc(N2CCC(C(F)(F)F)C2)ccc1-n1ccc(=O)c(/C(=C/C=N)Nc2ccccc2)n1. The van der Waals surface area contributed by atoms with Crippen molar-refractivity contribution in [1.29, 1.82) is 5.41 Å². The first-order valence-electron chi connectivity index (χ1n) is 10.8. The Morgan fingerprint density at radius 3 is 2.59 bits per heavy atom. The van der Waals surface area contributed by atoms with Crippen LogP contribution in [0.5, 0.6) is 0 Å². The zero-order chi connectivity index (χ0) is 24.3. The minimum absolute atomic E-state index is 0.0500. The molecule has 2 N–H and O–H groups in total. The molecule has 3 aromatic rings. The molecule has 4 rings (SSSR count). The lowest BCUT2D eigenvalue weighted by molar-refractivity contribution is -0.168. The molecule has 1 aliphatic rings. The van der Waals surface area contributed by atoms with Crippen LogP contribution in [0.15, 0.2) is 71.7 Å². The number of benzene rings is 2. The lowest BCUT2D eigenvalue weighted by atomic mass is 10.1. The molecule has 1 saturated heterocycles. The van der Waals surface area contributed by atoms with Gasteiger partial charge in [0.1, 0.15) is 0 Å². The van der Waals surface area contributed by atoms with E-state index in [9.17, 15) is 18.0 Å². The van der Waals surface area contributed by atoms with Gasteiger partial charge in [-0.3, -0.25) is 4.79 Å². The van der Waals surface area contributed by atoms with Crippen molar-refractivity contribution < 1.29 is 13.2 Å². The average molecular weight is 467 g/mol. The number of aryl methyl sites for hydroxylation is 1. The van der Waals surface area contributed by atoms with Crippen LogP contribution in [0, 0.1) is 18.3 Å². The number of halogens is 3. The van der Waals surface area contributed by atoms with Crippen LogP contribution >= 0.6 is 0 Å². The van der Waals surface area contributed by atoms with Crippen LogP contribution < -0.4 is 15.6 Å². The third-order valence-electron chi connectivity index (χ3n) is 5.81. The third kappa shape index (κ3) is 5.03. The normalized spacial score (nSPS) is 16.5. The fraction of sp³-hybridized carbons (Fsp3) is 0.240. The van der Waals surface area contributed by atoms with E-state index in [2.05, 4.69) is 10.4 Å². The first-order valence-corrected chi connectivity index (χ1v) is 10.8. The van der Waals surface area contributed by atoms with Crippen LogP contribution in [0.2, 0.25) is 0 Å². The molecule has 1 unspecified atom stereocenters. The Kier molecular flexibility index (Phi) is 6.54. The maximum absolute atomic E-state index is 13.1. The number of allylic oxidation sites excluding steroid dienone is 1. The summed E-state index contributed by atoms with van der Waals surface area (Å²) in [5.74, 6) is -1.31. The smallest absolute Gasteiger partial charge is 0.371 e. The Morgan fingerprint density at radius 1 is 1.18 bits per heavy atom. The molecule has 34 heavy (non-hydrogen) atoms. The quantitative estimate of drug-likeness (QED) is 0.499. The number of nitrogens with zero attached hydrogens (tertiary/aromatic N) is 3. The van der Waals surface area contributed by atoms with Crippen molar-refractivity contribution >= 4 is 23.3 Å². The van der Waals surface area contributed by atoms with Crippen LogP contribution in [0.4, 0.5) is 24.5 Å². The molecule has 9 heteroatoms. The predicted octanol–water partition coefficient (Wildman–Crippen LogP) is 5.03. The Labute approximate surface area is 194 Å². The van der Waals surface area contributed by atoms with Gasteiger partial charge in [-0.1, -0.05) is 18.2 Å². The van der Waals surface area contributed by atoms with Gasteiger partial charge in [-0.15, -0.1) is 0 Å². The summed E-state index contributed by atoms with van der Waals surface area (Å²) < 4.78 is 40.7. The summed E-state index contributed by atoms with van der Waals surface area (Å²) in [5, 5.41) is 15.1. The minimum Gasteiger partial charge on any atom is -0.371 e. The molecule has 2 heterocycles. The molecule has 0 saturated carbocycles. The van der Waals surface area contributed by atoms with Crippen molar-refractivity contribution in [3.8, 4) is 5.69 Å². The van der Waals surface area contributed by atoms with E-state index in [1.807, 2.05) is 43.3 Å². The van der Waals surface area contributed by atoms with E-state index in [0.29, 0.717) is 17.9 Å². The molecule has 0 radical (unpaired) electrons. The Hall–Kier alpha value is -3.88. The molecular formula is C25H24F3N5O. The predicted molar refractivity (Wildman–Crippen MR) is 128 cm³/mol. The topological polar surface area (TPSA) is 74.0 Å². The van der Waals surface area contributed by atoms with Crippen molar-refractivity contribution in [3.63, 3.8) is 0 Å². The van der Waals surface area contributed by atoms with Gasteiger partial charge in [0.2, 0.25) is 5.43 Å². The highest BCUT2D eigenvalue weighted by Gasteiger charge is 2.43. The summed E-state index contributed by atoms with van der Waals surface area (Å²) in [7, 11) is 0. The van der Waals surface area contributed by atoms with E-state index in [4.69, 9.17) is 5.41 Å². The minimum atomic E-state index is -4.19. The Morgan fingerprint density at radius 2 is 1.94 bits per heavy atom. The molecule has 176 valence electrons. The number of hydrogen-bond acceptors (Lipinski definition) is 5. The molecule has 0 bridgehead atoms. The average Bonchev–Trinajstić information content (AvgIpc) is 3.31. The summed E-state index contributed by atoms with van der Waals surface area (Å²) in [6.45, 7) is 2.16. The summed E-state index contributed by atoms with van der Waals surface area (Å²) in [6, 6.07) is 16.0.